The molecule has 0 bridgehead atoms. The molecule has 4 nitrogen and oxygen atoms in total. The fourth-order valence-electron chi connectivity index (χ4n) is 2.14. The number of aromatic nitrogens is 2. The lowest BCUT2D eigenvalue weighted by molar-refractivity contribution is 0.474. The van der Waals surface area contributed by atoms with E-state index in [1.807, 2.05) is 12.1 Å². The van der Waals surface area contributed by atoms with E-state index in [-0.39, 0.29) is 0 Å². The molecule has 2 N–H and O–H groups in total. The Balaban J connectivity index is 1.86. The monoisotopic (exact) mass is 233 g/mol. The second-order valence-electron chi connectivity index (χ2n) is 3.86. The van der Waals surface area contributed by atoms with E-state index in [2.05, 4.69) is 15.5 Å². The molecule has 5 heteroatoms. The van der Waals surface area contributed by atoms with Gasteiger partial charge in [-0.3, -0.25) is 0 Å². The maximum absolute atomic E-state index is 9.40. The molecular weight excluding hydrogens is 222 g/mol. The molecule has 0 aliphatic heterocycles. The number of hydrogen-bond donors (Lipinski definition) is 2. The average molecular weight is 233 g/mol. The summed E-state index contributed by atoms with van der Waals surface area (Å²) in [6, 6.07) is 5.86. The summed E-state index contributed by atoms with van der Waals surface area (Å²) in [5.74, 6) is 0.343. The molecule has 16 heavy (non-hydrogen) atoms. The molecule has 82 valence electrons. The van der Waals surface area contributed by atoms with Crippen molar-refractivity contribution in [3.63, 3.8) is 0 Å². The van der Waals surface area contributed by atoms with Crippen LogP contribution in [0, 0.1) is 0 Å². The Bertz CT molecular complexity index is 498. The molecular formula is C11H11N3OS. The molecule has 1 aromatic heterocycles. The third-order valence-corrected chi connectivity index (χ3v) is 3.48. The molecule has 1 heterocycles. The molecule has 1 unspecified atom stereocenters. The highest BCUT2D eigenvalue weighted by Gasteiger charge is 2.23. The number of nitrogens with one attached hydrogen (secondary N) is 1. The SMILES string of the molecule is Oc1ccc2c(c1)CCC2Nc1nncs1. The van der Waals surface area contributed by atoms with Crippen molar-refractivity contribution in [1.29, 1.82) is 0 Å². The predicted molar refractivity (Wildman–Crippen MR) is 62.7 cm³/mol. The van der Waals surface area contributed by atoms with Gasteiger partial charge in [0.15, 0.2) is 0 Å². The number of phenolic OH excluding ortho intramolecular Hbond substituents is 1. The lowest BCUT2D eigenvalue weighted by Crippen LogP contribution is -2.06. The van der Waals surface area contributed by atoms with Gasteiger partial charge in [0, 0.05) is 0 Å². The first-order valence-corrected chi connectivity index (χ1v) is 6.05. The number of aromatic hydroxyl groups is 1. The van der Waals surface area contributed by atoms with Crippen molar-refractivity contribution in [3.8, 4) is 5.75 Å². The first-order chi connectivity index (χ1) is 7.83. The van der Waals surface area contributed by atoms with E-state index in [4.69, 9.17) is 0 Å². The minimum atomic E-state index is 0.295. The van der Waals surface area contributed by atoms with E-state index in [9.17, 15) is 5.11 Å². The summed E-state index contributed by atoms with van der Waals surface area (Å²) in [4.78, 5) is 0. The van der Waals surface area contributed by atoms with Gasteiger partial charge in [0.2, 0.25) is 5.13 Å². The van der Waals surface area contributed by atoms with Crippen LogP contribution in [-0.2, 0) is 6.42 Å². The van der Waals surface area contributed by atoms with Crippen LogP contribution in [0.3, 0.4) is 0 Å². The van der Waals surface area contributed by atoms with Gasteiger partial charge < -0.3 is 10.4 Å². The molecule has 1 aliphatic carbocycles. The van der Waals surface area contributed by atoms with E-state index in [1.165, 1.54) is 22.5 Å². The maximum atomic E-state index is 9.40. The van der Waals surface area contributed by atoms with Gasteiger partial charge in [0.05, 0.1) is 6.04 Å². The number of fused-ring (bicyclic) bond motifs is 1. The van der Waals surface area contributed by atoms with Crippen LogP contribution in [0.1, 0.15) is 23.6 Å². The third kappa shape index (κ3) is 1.63. The highest BCUT2D eigenvalue weighted by molar-refractivity contribution is 7.13. The van der Waals surface area contributed by atoms with Crippen LogP contribution in [-0.4, -0.2) is 15.3 Å². The summed E-state index contributed by atoms with van der Waals surface area (Å²) in [5, 5.41) is 21.4. The highest BCUT2D eigenvalue weighted by atomic mass is 32.1. The van der Waals surface area contributed by atoms with Gasteiger partial charge in [-0.25, -0.2) is 0 Å². The maximum Gasteiger partial charge on any atom is 0.205 e. The fraction of sp³-hybridized carbons (Fsp3) is 0.273. The van der Waals surface area contributed by atoms with Gasteiger partial charge in [0.25, 0.3) is 0 Å². The second kappa shape index (κ2) is 3.75. The van der Waals surface area contributed by atoms with Crippen LogP contribution < -0.4 is 5.32 Å². The number of rotatable bonds is 2. The minimum Gasteiger partial charge on any atom is -0.508 e. The molecule has 2 aromatic rings. The standard InChI is InChI=1S/C11H11N3OS/c15-8-2-3-9-7(5-8)1-4-10(9)13-11-14-12-6-16-11/h2-3,5-6,10,15H,1,4H2,(H,13,14). The summed E-state index contributed by atoms with van der Waals surface area (Å²) in [7, 11) is 0. The molecule has 0 spiro atoms. The van der Waals surface area contributed by atoms with E-state index in [0.717, 1.165) is 18.0 Å². The van der Waals surface area contributed by atoms with Crippen LogP contribution in [0.4, 0.5) is 5.13 Å². The Hall–Kier alpha value is -1.62. The van der Waals surface area contributed by atoms with Gasteiger partial charge in [-0.2, -0.15) is 0 Å². The van der Waals surface area contributed by atoms with Crippen molar-refractivity contribution in [2.45, 2.75) is 18.9 Å². The normalized spacial score (nSPS) is 18.4. The van der Waals surface area contributed by atoms with Gasteiger partial charge in [-0.05, 0) is 36.1 Å². The lowest BCUT2D eigenvalue weighted by atomic mass is 10.1. The number of hydrogen-bond acceptors (Lipinski definition) is 5. The van der Waals surface area contributed by atoms with Crippen molar-refractivity contribution in [2.24, 2.45) is 0 Å². The van der Waals surface area contributed by atoms with Gasteiger partial charge >= 0.3 is 0 Å². The first kappa shape index (κ1) is 9.59. The van der Waals surface area contributed by atoms with Crippen molar-refractivity contribution in [2.75, 3.05) is 5.32 Å². The Morgan fingerprint density at radius 1 is 1.44 bits per heavy atom. The number of anilines is 1. The molecule has 0 saturated heterocycles. The number of nitrogens with zero attached hydrogens (tertiary/aromatic N) is 2. The van der Waals surface area contributed by atoms with Crippen LogP contribution in [0.25, 0.3) is 0 Å². The zero-order valence-corrected chi connectivity index (χ0v) is 9.37. The Morgan fingerprint density at radius 2 is 2.38 bits per heavy atom. The van der Waals surface area contributed by atoms with Gasteiger partial charge in [0.1, 0.15) is 11.3 Å². The summed E-state index contributed by atoms with van der Waals surface area (Å²) < 4.78 is 0. The van der Waals surface area contributed by atoms with Crippen LogP contribution in [0.15, 0.2) is 23.7 Å². The van der Waals surface area contributed by atoms with E-state index >= 15 is 0 Å². The molecule has 1 aromatic carbocycles. The summed E-state index contributed by atoms with van der Waals surface area (Å²) in [6.45, 7) is 0. The highest BCUT2D eigenvalue weighted by Crippen LogP contribution is 2.35. The molecule has 1 aliphatic rings. The zero-order valence-electron chi connectivity index (χ0n) is 8.55. The number of aryl methyl sites for hydroxylation is 1. The van der Waals surface area contributed by atoms with Crippen LogP contribution in [0.2, 0.25) is 0 Å². The Labute approximate surface area is 97.0 Å². The van der Waals surface area contributed by atoms with Gasteiger partial charge in [-0.1, -0.05) is 17.4 Å². The van der Waals surface area contributed by atoms with Crippen molar-refractivity contribution in [1.82, 2.24) is 10.2 Å². The smallest absolute Gasteiger partial charge is 0.205 e. The van der Waals surface area contributed by atoms with Crippen LogP contribution >= 0.6 is 11.3 Å². The lowest BCUT2D eigenvalue weighted by Gasteiger charge is -2.12. The molecule has 0 radical (unpaired) electrons. The summed E-state index contributed by atoms with van der Waals surface area (Å²) in [5.41, 5.74) is 4.20. The second-order valence-corrected chi connectivity index (χ2v) is 4.70. The van der Waals surface area contributed by atoms with E-state index in [0.29, 0.717) is 11.8 Å². The summed E-state index contributed by atoms with van der Waals surface area (Å²) >= 11 is 1.50. The van der Waals surface area contributed by atoms with Crippen molar-refractivity contribution in [3.05, 3.63) is 34.8 Å². The quantitative estimate of drug-likeness (QED) is 0.836. The molecule has 3 rings (SSSR count). The predicted octanol–water partition coefficient (Wildman–Crippen LogP) is 2.34. The Morgan fingerprint density at radius 3 is 3.19 bits per heavy atom. The van der Waals surface area contributed by atoms with Crippen molar-refractivity contribution < 1.29 is 5.11 Å². The topological polar surface area (TPSA) is 58.0 Å². The molecule has 0 saturated carbocycles. The largest absolute Gasteiger partial charge is 0.508 e. The number of benzene rings is 1. The molecule has 1 atom stereocenters. The average Bonchev–Trinajstić information content (AvgIpc) is 2.89. The minimum absolute atomic E-state index is 0.295. The molecule has 0 fully saturated rings. The van der Waals surface area contributed by atoms with Crippen molar-refractivity contribution >= 4 is 16.5 Å². The van der Waals surface area contributed by atoms with Gasteiger partial charge in [-0.15, -0.1) is 10.2 Å². The molecule has 0 amide bonds. The number of phenols is 1. The first-order valence-electron chi connectivity index (χ1n) is 5.17. The summed E-state index contributed by atoms with van der Waals surface area (Å²) in [6.07, 6.45) is 2.04. The Kier molecular flexibility index (Phi) is 2.25. The zero-order chi connectivity index (χ0) is 11.0. The fourth-order valence-corrected chi connectivity index (χ4v) is 2.64. The van der Waals surface area contributed by atoms with E-state index in [1.54, 1.807) is 11.6 Å². The van der Waals surface area contributed by atoms with E-state index < -0.39 is 0 Å². The third-order valence-electron chi connectivity index (χ3n) is 2.86. The van der Waals surface area contributed by atoms with Crippen LogP contribution in [0.5, 0.6) is 5.75 Å².